The molecule has 0 aliphatic carbocycles. The van der Waals surface area contributed by atoms with Crippen molar-refractivity contribution < 1.29 is 32.6 Å². The van der Waals surface area contributed by atoms with Crippen LogP contribution in [-0.4, -0.2) is 38.7 Å². The Morgan fingerprint density at radius 1 is 1.29 bits per heavy atom. The van der Waals surface area contributed by atoms with E-state index in [2.05, 4.69) is 14.8 Å². The number of esters is 1. The molecule has 0 fully saturated rings. The Bertz CT molecular complexity index is 507. The molecule has 0 aromatic heterocycles. The van der Waals surface area contributed by atoms with E-state index in [4.69, 9.17) is 4.74 Å². The van der Waals surface area contributed by atoms with Gasteiger partial charge in [-0.1, -0.05) is 0 Å². The molecule has 0 atom stereocenters. The number of amides is 1. The predicted molar refractivity (Wildman–Crippen MR) is 68.6 cm³/mol. The van der Waals surface area contributed by atoms with E-state index >= 15 is 0 Å². The first-order valence-electron chi connectivity index (χ1n) is 6.04. The van der Waals surface area contributed by atoms with Gasteiger partial charge in [0.05, 0.1) is 13.7 Å². The molecule has 1 aromatic carbocycles. The number of alkyl halides is 2. The van der Waals surface area contributed by atoms with Crippen molar-refractivity contribution in [1.29, 1.82) is 0 Å². The van der Waals surface area contributed by atoms with E-state index in [1.807, 2.05) is 0 Å². The first-order valence-corrected chi connectivity index (χ1v) is 6.04. The highest BCUT2D eigenvalue weighted by Gasteiger charge is 2.15. The van der Waals surface area contributed by atoms with Gasteiger partial charge in [0.25, 0.3) is 5.91 Å². The average molecular weight is 303 g/mol. The molecule has 0 bridgehead atoms. The van der Waals surface area contributed by atoms with Crippen molar-refractivity contribution in [2.24, 2.45) is 0 Å². The number of nitrogens with one attached hydrogen (secondary N) is 1. The van der Waals surface area contributed by atoms with Crippen molar-refractivity contribution in [1.82, 2.24) is 5.32 Å². The smallest absolute Gasteiger partial charge is 0.387 e. The van der Waals surface area contributed by atoms with E-state index < -0.39 is 18.5 Å². The van der Waals surface area contributed by atoms with E-state index in [1.54, 1.807) is 6.92 Å². The Kier molecular flexibility index (Phi) is 6.38. The number of hydrogen-bond donors (Lipinski definition) is 1. The molecule has 0 spiro atoms. The fourth-order valence-corrected chi connectivity index (χ4v) is 1.44. The second-order valence-corrected chi connectivity index (χ2v) is 3.73. The zero-order valence-electron chi connectivity index (χ0n) is 11.5. The van der Waals surface area contributed by atoms with Crippen molar-refractivity contribution in [2.45, 2.75) is 13.5 Å². The summed E-state index contributed by atoms with van der Waals surface area (Å²) in [6.45, 7) is -1.42. The van der Waals surface area contributed by atoms with Crippen molar-refractivity contribution in [3.8, 4) is 11.5 Å². The molecule has 0 radical (unpaired) electrons. The van der Waals surface area contributed by atoms with E-state index in [-0.39, 0.29) is 30.2 Å². The van der Waals surface area contributed by atoms with Crippen LogP contribution >= 0.6 is 0 Å². The average Bonchev–Trinajstić information content (AvgIpc) is 2.45. The van der Waals surface area contributed by atoms with Crippen LogP contribution in [0.15, 0.2) is 18.2 Å². The number of hydrogen-bond acceptors (Lipinski definition) is 5. The molecule has 6 nitrogen and oxygen atoms in total. The maximum Gasteiger partial charge on any atom is 0.387 e. The fourth-order valence-electron chi connectivity index (χ4n) is 1.44. The van der Waals surface area contributed by atoms with Crippen molar-refractivity contribution in [3.05, 3.63) is 23.8 Å². The molecule has 0 unspecified atom stereocenters. The third-order valence-electron chi connectivity index (χ3n) is 2.34. The number of ether oxygens (including phenoxy) is 3. The molecular weight excluding hydrogens is 288 g/mol. The summed E-state index contributed by atoms with van der Waals surface area (Å²) in [6, 6.07) is 3.74. The zero-order chi connectivity index (χ0) is 15.8. The van der Waals surface area contributed by atoms with Crippen molar-refractivity contribution in [3.63, 3.8) is 0 Å². The minimum absolute atomic E-state index is 0.0171. The van der Waals surface area contributed by atoms with Gasteiger partial charge in [0.15, 0.2) is 11.5 Å². The van der Waals surface area contributed by atoms with Gasteiger partial charge in [-0.15, -0.1) is 0 Å². The molecule has 1 aromatic rings. The van der Waals surface area contributed by atoms with Crippen LogP contribution < -0.4 is 14.8 Å². The van der Waals surface area contributed by atoms with Crippen molar-refractivity contribution in [2.75, 3.05) is 20.3 Å². The minimum atomic E-state index is -3.00. The SMILES string of the molecule is CCOc1cc(C(=O)NCC(=O)OC)ccc1OC(F)F. The molecule has 0 heterocycles. The maximum absolute atomic E-state index is 12.2. The number of carbonyl (C=O) groups excluding carboxylic acids is 2. The van der Waals surface area contributed by atoms with E-state index in [0.717, 1.165) is 0 Å². The molecule has 21 heavy (non-hydrogen) atoms. The minimum Gasteiger partial charge on any atom is -0.490 e. The van der Waals surface area contributed by atoms with Gasteiger partial charge in [0, 0.05) is 5.56 Å². The lowest BCUT2D eigenvalue weighted by Crippen LogP contribution is -2.30. The summed E-state index contributed by atoms with van der Waals surface area (Å²) >= 11 is 0. The maximum atomic E-state index is 12.2. The van der Waals surface area contributed by atoms with Crippen molar-refractivity contribution >= 4 is 11.9 Å². The summed E-state index contributed by atoms with van der Waals surface area (Å²) in [6.07, 6.45) is 0. The Balaban J connectivity index is 2.86. The molecule has 1 N–H and O–H groups in total. The Hall–Kier alpha value is -2.38. The molecule has 0 aliphatic heterocycles. The van der Waals surface area contributed by atoms with E-state index in [1.165, 1.54) is 25.3 Å². The zero-order valence-corrected chi connectivity index (χ0v) is 11.5. The third-order valence-corrected chi connectivity index (χ3v) is 2.34. The predicted octanol–water partition coefficient (Wildman–Crippen LogP) is 1.59. The first kappa shape index (κ1) is 16.7. The normalized spacial score (nSPS) is 10.1. The molecule has 8 heteroatoms. The number of rotatable bonds is 7. The summed E-state index contributed by atoms with van der Waals surface area (Å²) in [5.74, 6) is -1.32. The Morgan fingerprint density at radius 2 is 2.00 bits per heavy atom. The van der Waals surface area contributed by atoms with Crippen LogP contribution in [0.25, 0.3) is 0 Å². The van der Waals surface area contributed by atoms with Crippen LogP contribution in [0.1, 0.15) is 17.3 Å². The third kappa shape index (κ3) is 5.25. The van der Waals surface area contributed by atoms with Gasteiger partial charge in [-0.25, -0.2) is 0 Å². The molecule has 1 rings (SSSR count). The van der Waals surface area contributed by atoms with Gasteiger partial charge in [-0.2, -0.15) is 8.78 Å². The second kappa shape index (κ2) is 8.03. The van der Waals surface area contributed by atoms with Crippen LogP contribution in [0.4, 0.5) is 8.78 Å². The lowest BCUT2D eigenvalue weighted by atomic mass is 10.2. The molecule has 0 aliphatic rings. The van der Waals surface area contributed by atoms with Crippen LogP contribution in [0.3, 0.4) is 0 Å². The first-order chi connectivity index (χ1) is 9.97. The summed E-state index contributed by atoms with van der Waals surface area (Å²) in [5, 5.41) is 2.32. The van der Waals surface area contributed by atoms with Gasteiger partial charge in [0.2, 0.25) is 0 Å². The quantitative estimate of drug-likeness (QED) is 0.774. The highest BCUT2D eigenvalue weighted by atomic mass is 19.3. The molecule has 0 saturated heterocycles. The van der Waals surface area contributed by atoms with Gasteiger partial charge < -0.3 is 19.5 Å². The largest absolute Gasteiger partial charge is 0.490 e. The van der Waals surface area contributed by atoms with Crippen LogP contribution in [0.2, 0.25) is 0 Å². The summed E-state index contributed by atoms with van der Waals surface area (Å²) in [5.41, 5.74) is 0.143. The summed E-state index contributed by atoms with van der Waals surface area (Å²) in [7, 11) is 1.19. The van der Waals surface area contributed by atoms with E-state index in [9.17, 15) is 18.4 Å². The fraction of sp³-hybridized carbons (Fsp3) is 0.385. The van der Waals surface area contributed by atoms with Crippen LogP contribution in [0.5, 0.6) is 11.5 Å². The number of carbonyl (C=O) groups is 2. The summed E-state index contributed by atoms with van der Waals surface area (Å²) in [4.78, 5) is 22.7. The molecule has 0 saturated carbocycles. The highest BCUT2D eigenvalue weighted by molar-refractivity contribution is 5.96. The van der Waals surface area contributed by atoms with Crippen LogP contribution in [-0.2, 0) is 9.53 Å². The lowest BCUT2D eigenvalue weighted by Gasteiger charge is -2.12. The van der Waals surface area contributed by atoms with E-state index in [0.29, 0.717) is 0 Å². The van der Waals surface area contributed by atoms with Gasteiger partial charge >= 0.3 is 12.6 Å². The standard InChI is InChI=1S/C13H15F2NO5/c1-3-20-10-6-8(4-5-9(10)21-13(14)15)12(18)16-7-11(17)19-2/h4-6,13H,3,7H2,1-2H3,(H,16,18). The number of halogens is 2. The number of methoxy groups -OCH3 is 1. The van der Waals surface area contributed by atoms with Gasteiger partial charge in [-0.3, -0.25) is 9.59 Å². The molecule has 1 amide bonds. The van der Waals surface area contributed by atoms with Gasteiger partial charge in [-0.05, 0) is 25.1 Å². The topological polar surface area (TPSA) is 73.9 Å². The second-order valence-electron chi connectivity index (χ2n) is 3.73. The summed E-state index contributed by atoms with van der Waals surface area (Å²) < 4.78 is 38.3. The number of benzene rings is 1. The highest BCUT2D eigenvalue weighted by Crippen LogP contribution is 2.29. The van der Waals surface area contributed by atoms with Crippen LogP contribution in [0, 0.1) is 0 Å². The Morgan fingerprint density at radius 3 is 2.57 bits per heavy atom. The molecule has 116 valence electrons. The van der Waals surface area contributed by atoms with Gasteiger partial charge in [0.1, 0.15) is 6.54 Å². The Labute approximate surface area is 120 Å². The molecular formula is C13H15F2NO5. The lowest BCUT2D eigenvalue weighted by molar-refractivity contribution is -0.139. The monoisotopic (exact) mass is 303 g/mol.